The fourth-order valence-corrected chi connectivity index (χ4v) is 3.95. The smallest absolute Gasteiger partial charge is 0.271 e. The van der Waals surface area contributed by atoms with Crippen LogP contribution in [0.4, 0.5) is 0 Å². The van der Waals surface area contributed by atoms with E-state index < -0.39 is 0 Å². The van der Waals surface area contributed by atoms with Gasteiger partial charge in [0.15, 0.2) is 0 Å². The Morgan fingerprint density at radius 1 is 1.21 bits per heavy atom. The molecule has 0 unspecified atom stereocenters. The topological polar surface area (TPSA) is 46.9 Å². The Kier molecular flexibility index (Phi) is 4.74. The molecule has 1 aliphatic rings. The molecule has 0 saturated heterocycles. The molecule has 1 amide bonds. The van der Waals surface area contributed by atoms with Gasteiger partial charge in [-0.1, -0.05) is 43.5 Å². The number of nitrogens with one attached hydrogen (secondary N) is 1. The van der Waals surface area contributed by atoms with Crippen LogP contribution in [0.2, 0.25) is 0 Å². The first-order chi connectivity index (χ1) is 11.5. The minimum Gasteiger partial charge on any atom is -0.350 e. The number of hydrogen-bond donors (Lipinski definition) is 1. The summed E-state index contributed by atoms with van der Waals surface area (Å²) < 4.78 is 1.74. The lowest BCUT2D eigenvalue weighted by Crippen LogP contribution is -2.42. The summed E-state index contributed by atoms with van der Waals surface area (Å²) in [4.78, 5) is 12.5. The van der Waals surface area contributed by atoms with Crippen LogP contribution in [0.15, 0.2) is 30.3 Å². The zero-order chi connectivity index (χ0) is 17.2. The Hall–Kier alpha value is -2.10. The highest BCUT2D eigenvalue weighted by Gasteiger charge is 2.35. The molecule has 128 valence electrons. The van der Waals surface area contributed by atoms with E-state index in [1.165, 1.54) is 30.4 Å². The van der Waals surface area contributed by atoms with Crippen molar-refractivity contribution in [2.45, 2.75) is 51.4 Å². The van der Waals surface area contributed by atoms with Crippen molar-refractivity contribution in [1.82, 2.24) is 15.1 Å². The largest absolute Gasteiger partial charge is 0.350 e. The number of amides is 1. The third-order valence-electron chi connectivity index (χ3n) is 5.46. The van der Waals surface area contributed by atoms with Crippen molar-refractivity contribution in [2.24, 2.45) is 7.05 Å². The molecule has 0 spiro atoms. The standard InChI is InChI=1S/C20H27N3O/c1-15-9-5-6-10-17(15)20(11-7-4-8-12-20)14-21-19(24)18-13-16(2)23(3)22-18/h5-6,9-10,13H,4,7-8,11-12,14H2,1-3H3,(H,21,24). The predicted octanol–water partition coefficient (Wildman–Crippen LogP) is 3.67. The van der Waals surface area contributed by atoms with Crippen molar-refractivity contribution in [3.05, 3.63) is 52.8 Å². The van der Waals surface area contributed by atoms with Crippen LogP contribution in [-0.4, -0.2) is 22.2 Å². The van der Waals surface area contributed by atoms with Gasteiger partial charge >= 0.3 is 0 Å². The van der Waals surface area contributed by atoms with Crippen LogP contribution in [0.5, 0.6) is 0 Å². The van der Waals surface area contributed by atoms with E-state index in [4.69, 9.17) is 0 Å². The van der Waals surface area contributed by atoms with Crippen molar-refractivity contribution in [1.29, 1.82) is 0 Å². The SMILES string of the molecule is Cc1ccccc1C1(CNC(=O)c2cc(C)n(C)n2)CCCCC1. The fourth-order valence-electron chi connectivity index (χ4n) is 3.95. The van der Waals surface area contributed by atoms with Gasteiger partial charge in [0.1, 0.15) is 5.69 Å². The second-order valence-electron chi connectivity index (χ2n) is 7.13. The highest BCUT2D eigenvalue weighted by molar-refractivity contribution is 5.92. The van der Waals surface area contributed by atoms with E-state index in [0.29, 0.717) is 12.2 Å². The molecule has 1 aromatic heterocycles. The first-order valence-corrected chi connectivity index (χ1v) is 8.87. The molecule has 3 rings (SSSR count). The zero-order valence-electron chi connectivity index (χ0n) is 14.9. The number of aromatic nitrogens is 2. The van der Waals surface area contributed by atoms with Crippen LogP contribution in [-0.2, 0) is 12.5 Å². The van der Waals surface area contributed by atoms with Crippen molar-refractivity contribution in [3.63, 3.8) is 0 Å². The van der Waals surface area contributed by atoms with Gasteiger partial charge in [0.2, 0.25) is 0 Å². The van der Waals surface area contributed by atoms with Crippen molar-refractivity contribution in [3.8, 4) is 0 Å². The van der Waals surface area contributed by atoms with Crippen LogP contribution < -0.4 is 5.32 Å². The molecule has 0 bridgehead atoms. The summed E-state index contributed by atoms with van der Waals surface area (Å²) in [5.74, 6) is -0.0720. The number of carbonyl (C=O) groups is 1. The minimum atomic E-state index is -0.0720. The van der Waals surface area contributed by atoms with Gasteiger partial charge in [0.05, 0.1) is 0 Å². The van der Waals surface area contributed by atoms with Gasteiger partial charge in [-0.25, -0.2) is 0 Å². The van der Waals surface area contributed by atoms with E-state index in [0.717, 1.165) is 18.5 Å². The summed E-state index contributed by atoms with van der Waals surface area (Å²) in [6.45, 7) is 4.82. The molecule has 1 N–H and O–H groups in total. The van der Waals surface area contributed by atoms with E-state index in [-0.39, 0.29) is 11.3 Å². The van der Waals surface area contributed by atoms with Crippen molar-refractivity contribution in [2.75, 3.05) is 6.54 Å². The molecule has 0 atom stereocenters. The average molecular weight is 325 g/mol. The Morgan fingerprint density at radius 2 is 1.92 bits per heavy atom. The number of nitrogens with zero attached hydrogens (tertiary/aromatic N) is 2. The summed E-state index contributed by atoms with van der Waals surface area (Å²) in [5, 5.41) is 7.45. The molecule has 0 aliphatic heterocycles. The minimum absolute atomic E-state index is 0.0586. The van der Waals surface area contributed by atoms with Gasteiger partial charge in [-0.2, -0.15) is 5.10 Å². The van der Waals surface area contributed by atoms with Crippen LogP contribution in [0.3, 0.4) is 0 Å². The first kappa shape index (κ1) is 16.7. The van der Waals surface area contributed by atoms with Crippen LogP contribution in [0, 0.1) is 13.8 Å². The molecule has 1 fully saturated rings. The molecule has 1 saturated carbocycles. The molecule has 0 radical (unpaired) electrons. The molecular formula is C20H27N3O. The fraction of sp³-hybridized carbons (Fsp3) is 0.500. The third kappa shape index (κ3) is 3.23. The highest BCUT2D eigenvalue weighted by atomic mass is 16.1. The lowest BCUT2D eigenvalue weighted by Gasteiger charge is -2.39. The molecular weight excluding hydrogens is 298 g/mol. The molecule has 1 aliphatic carbocycles. The van der Waals surface area contributed by atoms with E-state index in [2.05, 4.69) is 41.6 Å². The van der Waals surface area contributed by atoms with Gasteiger partial charge in [-0.05, 0) is 43.9 Å². The van der Waals surface area contributed by atoms with Gasteiger partial charge in [0.25, 0.3) is 5.91 Å². The molecule has 4 nitrogen and oxygen atoms in total. The summed E-state index contributed by atoms with van der Waals surface area (Å²) in [5.41, 5.74) is 4.27. The third-order valence-corrected chi connectivity index (χ3v) is 5.46. The predicted molar refractivity (Wildman–Crippen MR) is 96.2 cm³/mol. The maximum atomic E-state index is 12.5. The van der Waals surface area contributed by atoms with E-state index in [1.54, 1.807) is 4.68 Å². The van der Waals surface area contributed by atoms with E-state index >= 15 is 0 Å². The maximum Gasteiger partial charge on any atom is 0.271 e. The van der Waals surface area contributed by atoms with E-state index in [9.17, 15) is 4.79 Å². The summed E-state index contributed by atoms with van der Waals surface area (Å²) >= 11 is 0. The van der Waals surface area contributed by atoms with Crippen molar-refractivity contribution < 1.29 is 4.79 Å². The van der Waals surface area contributed by atoms with Crippen LogP contribution in [0.25, 0.3) is 0 Å². The number of rotatable bonds is 4. The first-order valence-electron chi connectivity index (χ1n) is 8.87. The Labute approximate surface area is 144 Å². The van der Waals surface area contributed by atoms with Gasteiger partial charge < -0.3 is 5.32 Å². The average Bonchev–Trinajstić information content (AvgIpc) is 2.93. The summed E-state index contributed by atoms with van der Waals surface area (Å²) in [6.07, 6.45) is 6.03. The van der Waals surface area contributed by atoms with Gasteiger partial charge in [0, 0.05) is 24.7 Å². The number of benzene rings is 1. The van der Waals surface area contributed by atoms with Crippen LogP contribution in [0.1, 0.15) is 59.4 Å². The summed E-state index contributed by atoms with van der Waals surface area (Å²) in [6, 6.07) is 10.5. The normalized spacial score (nSPS) is 16.8. The number of aryl methyl sites for hydroxylation is 3. The second-order valence-corrected chi connectivity index (χ2v) is 7.13. The molecule has 1 aromatic carbocycles. The monoisotopic (exact) mass is 325 g/mol. The summed E-state index contributed by atoms with van der Waals surface area (Å²) in [7, 11) is 1.86. The number of hydrogen-bond acceptors (Lipinski definition) is 2. The van der Waals surface area contributed by atoms with Crippen LogP contribution >= 0.6 is 0 Å². The Bertz CT molecular complexity index is 707. The Morgan fingerprint density at radius 3 is 2.54 bits per heavy atom. The molecule has 24 heavy (non-hydrogen) atoms. The van der Waals surface area contributed by atoms with E-state index in [1.807, 2.05) is 20.0 Å². The maximum absolute atomic E-state index is 12.5. The molecule has 2 aromatic rings. The molecule has 1 heterocycles. The lowest BCUT2D eigenvalue weighted by molar-refractivity contribution is 0.0930. The van der Waals surface area contributed by atoms with Crippen molar-refractivity contribution >= 4 is 5.91 Å². The number of carbonyl (C=O) groups excluding carboxylic acids is 1. The highest BCUT2D eigenvalue weighted by Crippen LogP contribution is 2.40. The quantitative estimate of drug-likeness (QED) is 0.932. The zero-order valence-corrected chi connectivity index (χ0v) is 14.9. The Balaban J connectivity index is 1.80. The van der Waals surface area contributed by atoms with Gasteiger partial charge in [-0.15, -0.1) is 0 Å². The lowest BCUT2D eigenvalue weighted by atomic mass is 9.68. The van der Waals surface area contributed by atoms with Gasteiger partial charge in [-0.3, -0.25) is 9.48 Å². The molecule has 4 heteroatoms. The second kappa shape index (κ2) is 6.80.